The molecule has 2 heteroatoms. The van der Waals surface area contributed by atoms with Gasteiger partial charge >= 0.3 is 0 Å². The van der Waals surface area contributed by atoms with E-state index in [0.717, 1.165) is 16.1 Å². The number of rotatable bonds is 2. The smallest absolute Gasteiger partial charge is 0.152 e. The molecule has 13 heavy (non-hydrogen) atoms. The maximum absolute atomic E-state index is 10.7. The largest absolute Gasteiger partial charge is 0.295 e. The van der Waals surface area contributed by atoms with E-state index in [4.69, 9.17) is 11.6 Å². The number of hydrogen-bond donors (Lipinski definition) is 0. The highest BCUT2D eigenvalue weighted by Gasteiger charge is 1.97. The average molecular weight is 195 g/mol. The molecule has 68 valence electrons. The molecule has 0 saturated heterocycles. The summed E-state index contributed by atoms with van der Waals surface area (Å²) in [4.78, 5) is 10.7. The summed E-state index contributed by atoms with van der Waals surface area (Å²) in [5.41, 5.74) is 1.99. The second kappa shape index (κ2) is 4.24. The van der Waals surface area contributed by atoms with Gasteiger partial charge in [-0.3, -0.25) is 4.79 Å². The van der Waals surface area contributed by atoms with E-state index in [-0.39, 0.29) is 5.78 Å². The molecule has 0 aromatic heterocycles. The molecule has 0 aliphatic heterocycles. The number of ketones is 1. The Kier molecular flexibility index (Phi) is 3.26. The molecule has 0 saturated carbocycles. The van der Waals surface area contributed by atoms with Crippen LogP contribution in [0.5, 0.6) is 0 Å². The van der Waals surface area contributed by atoms with Crippen molar-refractivity contribution in [3.05, 3.63) is 40.4 Å². The molecule has 0 bridgehead atoms. The molecule has 0 atom stereocenters. The summed E-state index contributed by atoms with van der Waals surface area (Å²) in [6.07, 6.45) is 3.32. The van der Waals surface area contributed by atoms with Crippen molar-refractivity contribution >= 4 is 23.5 Å². The fourth-order valence-corrected chi connectivity index (χ4v) is 1.19. The third kappa shape index (κ3) is 2.71. The van der Waals surface area contributed by atoms with Crippen LogP contribution in [0, 0.1) is 6.92 Å². The van der Waals surface area contributed by atoms with E-state index in [2.05, 4.69) is 0 Å². The topological polar surface area (TPSA) is 17.1 Å². The van der Waals surface area contributed by atoms with Gasteiger partial charge in [0.15, 0.2) is 5.78 Å². The van der Waals surface area contributed by atoms with Gasteiger partial charge in [-0.25, -0.2) is 0 Å². The summed E-state index contributed by atoms with van der Waals surface area (Å²) in [6, 6.07) is 5.64. The monoisotopic (exact) mass is 194 g/mol. The molecule has 1 rings (SSSR count). The zero-order chi connectivity index (χ0) is 9.84. The van der Waals surface area contributed by atoms with Gasteiger partial charge in [0, 0.05) is 5.02 Å². The van der Waals surface area contributed by atoms with Gasteiger partial charge in [0.25, 0.3) is 0 Å². The summed E-state index contributed by atoms with van der Waals surface area (Å²) < 4.78 is 0. The van der Waals surface area contributed by atoms with Crippen LogP contribution in [0.15, 0.2) is 24.3 Å². The summed E-state index contributed by atoms with van der Waals surface area (Å²) in [7, 11) is 0. The van der Waals surface area contributed by atoms with E-state index in [0.29, 0.717) is 0 Å². The van der Waals surface area contributed by atoms with E-state index in [1.54, 1.807) is 12.2 Å². The molecular weight excluding hydrogens is 184 g/mol. The first-order valence-corrected chi connectivity index (χ1v) is 4.43. The first-order chi connectivity index (χ1) is 6.11. The predicted molar refractivity (Wildman–Crippen MR) is 55.9 cm³/mol. The van der Waals surface area contributed by atoms with E-state index in [1.165, 1.54) is 6.92 Å². The molecule has 0 unspecified atom stereocenters. The minimum atomic E-state index is 0.0411. The zero-order valence-corrected chi connectivity index (χ0v) is 8.43. The predicted octanol–water partition coefficient (Wildman–Crippen LogP) is 3.25. The standard InChI is InChI=1S/C11H11ClO/c1-8(13)6-7-10-4-3-5-11(12)9(10)2/h3-7H,1-2H3/b7-6+. The lowest BCUT2D eigenvalue weighted by Crippen LogP contribution is -1.84. The lowest BCUT2D eigenvalue weighted by molar-refractivity contribution is -0.112. The summed E-state index contributed by atoms with van der Waals surface area (Å²) in [5.74, 6) is 0.0411. The van der Waals surface area contributed by atoms with Crippen LogP contribution < -0.4 is 0 Å². The fourth-order valence-electron chi connectivity index (χ4n) is 1.01. The number of hydrogen-bond acceptors (Lipinski definition) is 1. The molecule has 0 spiro atoms. The van der Waals surface area contributed by atoms with Crippen molar-refractivity contribution in [1.82, 2.24) is 0 Å². The molecule has 0 radical (unpaired) electrons. The molecule has 1 aromatic rings. The van der Waals surface area contributed by atoms with Crippen LogP contribution in [-0.2, 0) is 4.79 Å². The fraction of sp³-hybridized carbons (Fsp3) is 0.182. The van der Waals surface area contributed by atoms with Crippen LogP contribution in [-0.4, -0.2) is 5.78 Å². The van der Waals surface area contributed by atoms with E-state index < -0.39 is 0 Å². The Labute approximate surface area is 83.0 Å². The lowest BCUT2D eigenvalue weighted by Gasteiger charge is -2.01. The van der Waals surface area contributed by atoms with Crippen molar-refractivity contribution in [2.24, 2.45) is 0 Å². The Morgan fingerprint density at radius 1 is 1.46 bits per heavy atom. The van der Waals surface area contributed by atoms with Crippen LogP contribution in [0.1, 0.15) is 18.1 Å². The van der Waals surface area contributed by atoms with Gasteiger partial charge in [-0.2, -0.15) is 0 Å². The van der Waals surface area contributed by atoms with Crippen molar-refractivity contribution < 1.29 is 4.79 Å². The number of carbonyl (C=O) groups is 1. The third-order valence-corrected chi connectivity index (χ3v) is 2.22. The van der Waals surface area contributed by atoms with Gasteiger partial charge in [0.1, 0.15) is 0 Å². The lowest BCUT2D eigenvalue weighted by atomic mass is 10.1. The Hall–Kier alpha value is -1.08. The second-order valence-corrected chi connectivity index (χ2v) is 3.31. The highest BCUT2D eigenvalue weighted by molar-refractivity contribution is 6.31. The molecule has 0 fully saturated rings. The summed E-state index contributed by atoms with van der Waals surface area (Å²) in [5, 5.41) is 0.728. The molecule has 0 heterocycles. The minimum Gasteiger partial charge on any atom is -0.295 e. The molecule has 0 N–H and O–H groups in total. The molecule has 0 aliphatic rings. The van der Waals surface area contributed by atoms with Crippen molar-refractivity contribution in [2.75, 3.05) is 0 Å². The maximum Gasteiger partial charge on any atom is 0.152 e. The molecular formula is C11H11ClO. The molecule has 0 amide bonds. The summed E-state index contributed by atoms with van der Waals surface area (Å²) >= 11 is 5.91. The third-order valence-electron chi connectivity index (χ3n) is 1.81. The van der Waals surface area contributed by atoms with Crippen LogP contribution in [0.2, 0.25) is 5.02 Å². The van der Waals surface area contributed by atoms with Crippen molar-refractivity contribution in [1.29, 1.82) is 0 Å². The minimum absolute atomic E-state index is 0.0411. The van der Waals surface area contributed by atoms with Crippen LogP contribution in [0.25, 0.3) is 6.08 Å². The van der Waals surface area contributed by atoms with Gasteiger partial charge in [-0.1, -0.05) is 29.8 Å². The number of carbonyl (C=O) groups excluding carboxylic acids is 1. The first kappa shape index (κ1) is 10.0. The van der Waals surface area contributed by atoms with E-state index in [9.17, 15) is 4.79 Å². The van der Waals surface area contributed by atoms with Gasteiger partial charge in [-0.05, 0) is 37.1 Å². The number of allylic oxidation sites excluding steroid dienone is 1. The highest BCUT2D eigenvalue weighted by Crippen LogP contribution is 2.19. The van der Waals surface area contributed by atoms with Crippen LogP contribution in [0.4, 0.5) is 0 Å². The highest BCUT2D eigenvalue weighted by atomic mass is 35.5. The maximum atomic E-state index is 10.7. The first-order valence-electron chi connectivity index (χ1n) is 4.05. The Bertz CT molecular complexity index is 353. The SMILES string of the molecule is CC(=O)/C=C/c1cccc(Cl)c1C. The molecule has 0 aliphatic carbocycles. The Morgan fingerprint density at radius 3 is 2.77 bits per heavy atom. The normalized spacial score (nSPS) is 10.7. The van der Waals surface area contributed by atoms with Gasteiger partial charge in [0.05, 0.1) is 0 Å². The van der Waals surface area contributed by atoms with Gasteiger partial charge in [-0.15, -0.1) is 0 Å². The zero-order valence-electron chi connectivity index (χ0n) is 7.67. The number of halogens is 1. The van der Waals surface area contributed by atoms with Crippen molar-refractivity contribution in [2.45, 2.75) is 13.8 Å². The molecule has 1 aromatic carbocycles. The van der Waals surface area contributed by atoms with Crippen molar-refractivity contribution in [3.8, 4) is 0 Å². The second-order valence-electron chi connectivity index (χ2n) is 2.90. The summed E-state index contributed by atoms with van der Waals surface area (Å²) in [6.45, 7) is 3.46. The average Bonchev–Trinajstić information content (AvgIpc) is 2.07. The van der Waals surface area contributed by atoms with Gasteiger partial charge in [0.2, 0.25) is 0 Å². The van der Waals surface area contributed by atoms with E-state index in [1.807, 2.05) is 25.1 Å². The number of benzene rings is 1. The van der Waals surface area contributed by atoms with Crippen LogP contribution >= 0.6 is 11.6 Å². The van der Waals surface area contributed by atoms with Crippen LogP contribution in [0.3, 0.4) is 0 Å². The molecule has 1 nitrogen and oxygen atoms in total. The Morgan fingerprint density at radius 2 is 2.15 bits per heavy atom. The van der Waals surface area contributed by atoms with Crippen molar-refractivity contribution in [3.63, 3.8) is 0 Å². The Balaban J connectivity index is 3.02. The van der Waals surface area contributed by atoms with E-state index >= 15 is 0 Å². The van der Waals surface area contributed by atoms with Gasteiger partial charge < -0.3 is 0 Å². The quantitative estimate of drug-likeness (QED) is 0.661.